The molecule has 136 valence electrons. The van der Waals surface area contributed by atoms with Crippen LogP contribution < -0.4 is 5.73 Å². The summed E-state index contributed by atoms with van der Waals surface area (Å²) < 4.78 is 13.8. The van der Waals surface area contributed by atoms with Crippen LogP contribution in [0.4, 0.5) is 4.39 Å². The van der Waals surface area contributed by atoms with Crippen LogP contribution in [0.3, 0.4) is 0 Å². The summed E-state index contributed by atoms with van der Waals surface area (Å²) in [5.74, 6) is 0.551. The number of nitrogens with two attached hydrogens (primary N) is 1. The maximum atomic E-state index is 13.8. The first-order chi connectivity index (χ1) is 11.0. The van der Waals surface area contributed by atoms with E-state index in [2.05, 4.69) is 30.8 Å². The molecule has 2 N–H and O–H groups in total. The van der Waals surface area contributed by atoms with Crippen molar-refractivity contribution in [1.82, 2.24) is 9.80 Å². The topological polar surface area (TPSA) is 44.9 Å². The summed E-state index contributed by atoms with van der Waals surface area (Å²) in [5.41, 5.74) is 7.02. The molecule has 0 bridgehead atoms. The zero-order valence-corrected chi connectivity index (χ0v) is 17.6. The van der Waals surface area contributed by atoms with E-state index in [0.29, 0.717) is 18.4 Å². The van der Waals surface area contributed by atoms with Gasteiger partial charge >= 0.3 is 0 Å². The van der Waals surface area contributed by atoms with E-state index in [1.807, 2.05) is 11.0 Å². The fourth-order valence-corrected chi connectivity index (χ4v) is 3.42. The summed E-state index contributed by atoms with van der Waals surface area (Å²) in [6.07, 6.45) is 1.03. The Morgan fingerprint density at radius 3 is 2.67 bits per heavy atom. The van der Waals surface area contributed by atoms with Crippen LogP contribution in [-0.2, 0) is 0 Å². The first-order valence-electron chi connectivity index (χ1n) is 8.17. The van der Waals surface area contributed by atoms with E-state index >= 15 is 0 Å². The Kier molecular flexibility index (Phi) is 8.73. The summed E-state index contributed by atoms with van der Waals surface area (Å²) >= 11 is 5.80. The van der Waals surface area contributed by atoms with E-state index in [-0.39, 0.29) is 40.9 Å². The van der Waals surface area contributed by atoms with Crippen LogP contribution in [0, 0.1) is 11.7 Å². The van der Waals surface area contributed by atoms with Crippen molar-refractivity contribution in [2.24, 2.45) is 16.6 Å². The molecule has 2 rings (SSSR count). The minimum absolute atomic E-state index is 0. The molecule has 1 aliphatic rings. The maximum Gasteiger partial charge on any atom is 0.191 e. The molecule has 0 saturated carbocycles. The third-order valence-corrected chi connectivity index (χ3v) is 4.94. The summed E-state index contributed by atoms with van der Waals surface area (Å²) in [6.45, 7) is 7.45. The maximum absolute atomic E-state index is 13.8. The second kappa shape index (κ2) is 9.77. The number of aliphatic imine (C=N–C) groups is 1. The van der Waals surface area contributed by atoms with E-state index in [1.54, 1.807) is 12.1 Å². The molecule has 1 heterocycles. The van der Waals surface area contributed by atoms with Gasteiger partial charge in [-0.2, -0.15) is 0 Å². The highest BCUT2D eigenvalue weighted by atomic mass is 127. The average Bonchev–Trinajstić information content (AvgIpc) is 2.90. The van der Waals surface area contributed by atoms with Gasteiger partial charge in [-0.05, 0) is 57.5 Å². The van der Waals surface area contributed by atoms with Gasteiger partial charge < -0.3 is 10.6 Å². The summed E-state index contributed by atoms with van der Waals surface area (Å²) in [4.78, 5) is 8.86. The molecule has 0 amide bonds. The predicted molar refractivity (Wildman–Crippen MR) is 110 cm³/mol. The van der Waals surface area contributed by atoms with E-state index < -0.39 is 0 Å². The molecule has 7 heteroatoms. The van der Waals surface area contributed by atoms with Gasteiger partial charge in [-0.3, -0.25) is 9.89 Å². The molecule has 0 spiro atoms. The van der Waals surface area contributed by atoms with Crippen LogP contribution in [-0.4, -0.2) is 49.0 Å². The van der Waals surface area contributed by atoms with Crippen molar-refractivity contribution in [3.8, 4) is 0 Å². The lowest BCUT2D eigenvalue weighted by atomic mass is 9.94. The number of halogens is 3. The Labute approximate surface area is 166 Å². The SMILES string of the molecule is CCN(CC)C(N)=NCC1CCN(C)C1c1ccc(Cl)c(F)c1.I. The van der Waals surface area contributed by atoms with Gasteiger partial charge in [-0.1, -0.05) is 17.7 Å². The van der Waals surface area contributed by atoms with Crippen molar-refractivity contribution < 1.29 is 4.39 Å². The fourth-order valence-electron chi connectivity index (χ4n) is 3.30. The van der Waals surface area contributed by atoms with Gasteiger partial charge in [0.25, 0.3) is 0 Å². The van der Waals surface area contributed by atoms with Gasteiger partial charge in [0.1, 0.15) is 5.82 Å². The van der Waals surface area contributed by atoms with Crippen LogP contribution >= 0.6 is 35.6 Å². The van der Waals surface area contributed by atoms with E-state index in [9.17, 15) is 4.39 Å². The van der Waals surface area contributed by atoms with Crippen molar-refractivity contribution in [3.63, 3.8) is 0 Å². The van der Waals surface area contributed by atoms with Crippen molar-refractivity contribution in [1.29, 1.82) is 0 Å². The van der Waals surface area contributed by atoms with Crippen LogP contribution in [0.25, 0.3) is 0 Å². The molecule has 0 radical (unpaired) electrons. The minimum Gasteiger partial charge on any atom is -0.370 e. The molecule has 0 aliphatic carbocycles. The zero-order chi connectivity index (χ0) is 17.0. The molecule has 2 atom stereocenters. The molecule has 1 aliphatic heterocycles. The molecular weight excluding hydrogens is 442 g/mol. The number of likely N-dealkylation sites (tertiary alicyclic amines) is 1. The summed E-state index contributed by atoms with van der Waals surface area (Å²) in [7, 11) is 2.06. The highest BCUT2D eigenvalue weighted by Crippen LogP contribution is 2.37. The highest BCUT2D eigenvalue weighted by Gasteiger charge is 2.33. The quantitative estimate of drug-likeness (QED) is 0.407. The molecule has 1 saturated heterocycles. The largest absolute Gasteiger partial charge is 0.370 e. The number of nitrogens with zero attached hydrogens (tertiary/aromatic N) is 3. The second-order valence-electron chi connectivity index (χ2n) is 6.02. The minimum atomic E-state index is -0.366. The summed E-state index contributed by atoms with van der Waals surface area (Å²) in [5, 5.41) is 0.162. The van der Waals surface area contributed by atoms with Crippen LogP contribution in [0.5, 0.6) is 0 Å². The van der Waals surface area contributed by atoms with E-state index in [4.69, 9.17) is 17.3 Å². The van der Waals surface area contributed by atoms with Gasteiger partial charge in [-0.15, -0.1) is 24.0 Å². The first kappa shape index (κ1) is 21.4. The smallest absolute Gasteiger partial charge is 0.191 e. The lowest BCUT2D eigenvalue weighted by Crippen LogP contribution is -2.37. The average molecular weight is 469 g/mol. The number of hydrogen-bond donors (Lipinski definition) is 1. The van der Waals surface area contributed by atoms with Crippen molar-refractivity contribution in [2.75, 3.05) is 33.2 Å². The van der Waals surface area contributed by atoms with Crippen molar-refractivity contribution in [3.05, 3.63) is 34.6 Å². The first-order valence-corrected chi connectivity index (χ1v) is 8.55. The van der Waals surface area contributed by atoms with Crippen molar-refractivity contribution in [2.45, 2.75) is 26.3 Å². The van der Waals surface area contributed by atoms with Gasteiger partial charge in [0.15, 0.2) is 5.96 Å². The number of hydrogen-bond acceptors (Lipinski definition) is 2. The second-order valence-corrected chi connectivity index (χ2v) is 6.43. The van der Waals surface area contributed by atoms with Crippen LogP contribution in [0.2, 0.25) is 5.02 Å². The lowest BCUT2D eigenvalue weighted by molar-refractivity contribution is 0.278. The van der Waals surface area contributed by atoms with E-state index in [0.717, 1.165) is 31.6 Å². The molecule has 4 nitrogen and oxygen atoms in total. The Balaban J connectivity index is 0.00000288. The highest BCUT2D eigenvalue weighted by molar-refractivity contribution is 14.0. The third-order valence-electron chi connectivity index (χ3n) is 4.63. The predicted octanol–water partition coefficient (Wildman–Crippen LogP) is 3.75. The molecule has 1 aromatic carbocycles. The Bertz CT molecular complexity index is 566. The molecular formula is C17H27ClFIN4. The van der Waals surface area contributed by atoms with Gasteiger partial charge in [0.05, 0.1) is 5.02 Å². The summed E-state index contributed by atoms with van der Waals surface area (Å²) in [6, 6.07) is 5.22. The third kappa shape index (κ3) is 4.95. The fraction of sp³-hybridized carbons (Fsp3) is 0.588. The van der Waals surface area contributed by atoms with Gasteiger partial charge in [-0.25, -0.2) is 4.39 Å². The molecule has 1 fully saturated rings. The number of rotatable bonds is 5. The zero-order valence-electron chi connectivity index (χ0n) is 14.5. The van der Waals surface area contributed by atoms with Crippen LogP contribution in [0.15, 0.2) is 23.2 Å². The van der Waals surface area contributed by atoms with Crippen LogP contribution in [0.1, 0.15) is 31.9 Å². The van der Waals surface area contributed by atoms with E-state index in [1.165, 1.54) is 0 Å². The number of guanidine groups is 1. The Hall–Kier alpha value is -0.600. The monoisotopic (exact) mass is 468 g/mol. The Morgan fingerprint density at radius 1 is 1.42 bits per heavy atom. The Morgan fingerprint density at radius 2 is 2.08 bits per heavy atom. The molecule has 24 heavy (non-hydrogen) atoms. The van der Waals surface area contributed by atoms with Gasteiger partial charge in [0, 0.05) is 25.7 Å². The molecule has 1 aromatic rings. The molecule has 0 aromatic heterocycles. The normalized spacial score (nSPS) is 21.6. The molecule has 2 unspecified atom stereocenters. The number of benzene rings is 1. The van der Waals surface area contributed by atoms with Gasteiger partial charge in [0.2, 0.25) is 0 Å². The standard InChI is InChI=1S/C17H26ClFN4.HI/c1-4-23(5-2)17(20)21-11-13-8-9-22(3)16(13)12-6-7-14(18)15(19)10-12;/h6-7,10,13,16H,4-5,8-9,11H2,1-3H3,(H2,20,21);1H. The van der Waals surface area contributed by atoms with Crippen molar-refractivity contribution >= 4 is 41.5 Å². The lowest BCUT2D eigenvalue weighted by Gasteiger charge is -2.25.